The molecule has 0 bridgehead atoms. The highest BCUT2D eigenvalue weighted by Gasteiger charge is 2.30. The van der Waals surface area contributed by atoms with Crippen LogP contribution in [0.5, 0.6) is 0 Å². The number of ether oxygens (including phenoxy) is 1. The summed E-state index contributed by atoms with van der Waals surface area (Å²) in [4.78, 5) is 28.2. The van der Waals surface area contributed by atoms with Crippen molar-refractivity contribution in [1.29, 1.82) is 0 Å². The number of hydrogen-bond donors (Lipinski definition) is 1. The van der Waals surface area contributed by atoms with Gasteiger partial charge in [0.15, 0.2) is 5.69 Å². The largest absolute Gasteiger partial charge is 0.464 e. The molecule has 3 aromatic rings. The molecule has 5 nitrogen and oxygen atoms in total. The van der Waals surface area contributed by atoms with E-state index in [9.17, 15) is 9.59 Å². The maximum Gasteiger partial charge on any atom is 0.331 e. The predicted molar refractivity (Wildman–Crippen MR) is 131 cm³/mol. The molecule has 0 saturated carbocycles. The van der Waals surface area contributed by atoms with Crippen molar-refractivity contribution in [3.8, 4) is 22.3 Å². The van der Waals surface area contributed by atoms with Gasteiger partial charge in [0.2, 0.25) is 5.91 Å². The van der Waals surface area contributed by atoms with Crippen LogP contribution in [-0.2, 0) is 20.7 Å². The van der Waals surface area contributed by atoms with Crippen molar-refractivity contribution in [2.75, 3.05) is 6.61 Å². The predicted octanol–water partition coefficient (Wildman–Crippen LogP) is 6.23. The van der Waals surface area contributed by atoms with Crippen LogP contribution in [0, 0.1) is 6.57 Å². The summed E-state index contributed by atoms with van der Waals surface area (Å²) < 4.78 is 5.03. The molecule has 0 aliphatic rings. The summed E-state index contributed by atoms with van der Waals surface area (Å²) in [6.45, 7) is 12.5. The Morgan fingerprint density at radius 2 is 1.70 bits per heavy atom. The van der Waals surface area contributed by atoms with Gasteiger partial charge in [0, 0.05) is 5.02 Å². The molecular formula is C27H25ClN2O3. The minimum absolute atomic E-state index is 0.118. The number of nitrogens with one attached hydrogen (secondary N) is 1. The Hall–Kier alpha value is -3.62. The van der Waals surface area contributed by atoms with E-state index in [1.165, 1.54) is 0 Å². The van der Waals surface area contributed by atoms with Crippen molar-refractivity contribution < 1.29 is 14.3 Å². The zero-order valence-electron chi connectivity index (χ0n) is 18.8. The highest BCUT2D eigenvalue weighted by molar-refractivity contribution is 6.31. The Labute approximate surface area is 199 Å². The van der Waals surface area contributed by atoms with Gasteiger partial charge in [-0.25, -0.2) is 9.64 Å². The SMILES string of the molecule is [C-]#[N+]c1cccc(-c2cc(Cl)ccc2-c2cccc(CC(=O)NC(C)(C)C(=O)OCC)c2)c1. The summed E-state index contributed by atoms with van der Waals surface area (Å²) >= 11 is 6.29. The van der Waals surface area contributed by atoms with E-state index in [1.807, 2.05) is 60.7 Å². The lowest BCUT2D eigenvalue weighted by molar-refractivity contribution is -0.151. The van der Waals surface area contributed by atoms with Crippen LogP contribution >= 0.6 is 11.6 Å². The molecule has 0 saturated heterocycles. The van der Waals surface area contributed by atoms with Gasteiger partial charge in [-0.1, -0.05) is 60.1 Å². The molecule has 3 rings (SSSR count). The molecule has 0 unspecified atom stereocenters. The average Bonchev–Trinajstić information content (AvgIpc) is 2.79. The van der Waals surface area contributed by atoms with Crippen molar-refractivity contribution in [3.05, 3.63) is 88.7 Å². The quantitative estimate of drug-likeness (QED) is 0.336. The Morgan fingerprint density at radius 3 is 2.39 bits per heavy atom. The fraction of sp³-hybridized carbons (Fsp3) is 0.222. The molecule has 33 heavy (non-hydrogen) atoms. The molecule has 0 atom stereocenters. The molecule has 168 valence electrons. The summed E-state index contributed by atoms with van der Waals surface area (Å²) in [7, 11) is 0. The van der Waals surface area contributed by atoms with Crippen LogP contribution in [0.15, 0.2) is 66.7 Å². The fourth-order valence-electron chi connectivity index (χ4n) is 3.54. The van der Waals surface area contributed by atoms with E-state index in [4.69, 9.17) is 22.9 Å². The van der Waals surface area contributed by atoms with E-state index in [0.717, 1.165) is 27.8 Å². The van der Waals surface area contributed by atoms with Crippen LogP contribution in [0.1, 0.15) is 26.3 Å². The normalized spacial score (nSPS) is 10.9. The van der Waals surface area contributed by atoms with Crippen LogP contribution < -0.4 is 5.32 Å². The third-order valence-electron chi connectivity index (χ3n) is 5.11. The van der Waals surface area contributed by atoms with Gasteiger partial charge in [0.05, 0.1) is 19.6 Å². The second-order valence-electron chi connectivity index (χ2n) is 8.12. The number of hydrogen-bond acceptors (Lipinski definition) is 3. The van der Waals surface area contributed by atoms with Crippen molar-refractivity contribution in [3.63, 3.8) is 0 Å². The first kappa shape index (κ1) is 24.0. The molecular weight excluding hydrogens is 436 g/mol. The van der Waals surface area contributed by atoms with Crippen LogP contribution in [0.3, 0.4) is 0 Å². The van der Waals surface area contributed by atoms with E-state index in [-0.39, 0.29) is 18.9 Å². The lowest BCUT2D eigenvalue weighted by atomic mass is 9.93. The molecule has 1 amide bonds. The summed E-state index contributed by atoms with van der Waals surface area (Å²) in [5, 5.41) is 3.34. The van der Waals surface area contributed by atoms with Crippen LogP contribution in [0.2, 0.25) is 5.02 Å². The Bertz CT molecular complexity index is 1230. The average molecular weight is 461 g/mol. The number of esters is 1. The topological polar surface area (TPSA) is 59.8 Å². The molecule has 0 aromatic heterocycles. The monoisotopic (exact) mass is 460 g/mol. The summed E-state index contributed by atoms with van der Waals surface area (Å²) in [6, 6.07) is 20.7. The second kappa shape index (κ2) is 10.3. The van der Waals surface area contributed by atoms with Gasteiger partial charge >= 0.3 is 5.97 Å². The van der Waals surface area contributed by atoms with Crippen molar-refractivity contribution in [2.24, 2.45) is 0 Å². The molecule has 0 heterocycles. The Morgan fingerprint density at radius 1 is 1.00 bits per heavy atom. The molecule has 0 aliphatic heterocycles. The van der Waals surface area contributed by atoms with Gasteiger partial charge in [-0.05, 0) is 66.8 Å². The van der Waals surface area contributed by atoms with Gasteiger partial charge in [-0.2, -0.15) is 0 Å². The van der Waals surface area contributed by atoms with E-state index < -0.39 is 11.5 Å². The standard InChI is InChI=1S/C27H25ClN2O3/c1-5-33-26(32)27(2,3)30-25(31)15-18-8-6-9-19(14-18)23-13-12-21(28)17-24(23)20-10-7-11-22(16-20)29-4/h6-14,16-17H,5,15H2,1-3H3,(H,30,31). The lowest BCUT2D eigenvalue weighted by Gasteiger charge is -2.23. The van der Waals surface area contributed by atoms with Gasteiger partial charge in [0.25, 0.3) is 0 Å². The second-order valence-corrected chi connectivity index (χ2v) is 8.56. The lowest BCUT2D eigenvalue weighted by Crippen LogP contribution is -2.51. The Balaban J connectivity index is 1.89. The Kier molecular flexibility index (Phi) is 7.52. The highest BCUT2D eigenvalue weighted by Crippen LogP contribution is 2.36. The third-order valence-corrected chi connectivity index (χ3v) is 5.34. The van der Waals surface area contributed by atoms with Crippen LogP contribution in [0.25, 0.3) is 27.1 Å². The number of halogens is 1. The number of nitrogens with zero attached hydrogens (tertiary/aromatic N) is 1. The molecule has 3 aromatic carbocycles. The zero-order chi connectivity index (χ0) is 24.0. The van der Waals surface area contributed by atoms with Gasteiger partial charge in [-0.3, -0.25) is 4.79 Å². The van der Waals surface area contributed by atoms with Crippen molar-refractivity contribution >= 4 is 29.2 Å². The van der Waals surface area contributed by atoms with Crippen molar-refractivity contribution in [1.82, 2.24) is 5.32 Å². The summed E-state index contributed by atoms with van der Waals surface area (Å²) in [6.07, 6.45) is 0.118. The third kappa shape index (κ3) is 6.00. The van der Waals surface area contributed by atoms with Gasteiger partial charge in [0.1, 0.15) is 5.54 Å². The molecule has 0 spiro atoms. The summed E-state index contributed by atoms with van der Waals surface area (Å²) in [5.41, 5.74) is 3.90. The van der Waals surface area contributed by atoms with E-state index in [0.29, 0.717) is 10.7 Å². The number of carbonyl (C=O) groups is 2. The fourth-order valence-corrected chi connectivity index (χ4v) is 3.71. The van der Waals surface area contributed by atoms with Crippen molar-refractivity contribution in [2.45, 2.75) is 32.7 Å². The highest BCUT2D eigenvalue weighted by atomic mass is 35.5. The maximum absolute atomic E-state index is 12.6. The molecule has 0 fully saturated rings. The molecule has 6 heteroatoms. The van der Waals surface area contributed by atoms with E-state index >= 15 is 0 Å². The summed E-state index contributed by atoms with van der Waals surface area (Å²) in [5.74, 6) is -0.745. The van der Waals surface area contributed by atoms with Gasteiger partial charge < -0.3 is 10.1 Å². The smallest absolute Gasteiger partial charge is 0.331 e. The van der Waals surface area contributed by atoms with E-state index in [2.05, 4.69) is 10.2 Å². The number of rotatable bonds is 7. The number of carbonyl (C=O) groups excluding carboxylic acids is 2. The molecule has 1 N–H and O–H groups in total. The minimum Gasteiger partial charge on any atom is -0.464 e. The molecule has 0 radical (unpaired) electrons. The molecule has 0 aliphatic carbocycles. The van der Waals surface area contributed by atoms with Gasteiger partial charge in [-0.15, -0.1) is 0 Å². The zero-order valence-corrected chi connectivity index (χ0v) is 19.6. The van der Waals surface area contributed by atoms with E-state index in [1.54, 1.807) is 26.8 Å². The van der Waals surface area contributed by atoms with Crippen LogP contribution in [-0.4, -0.2) is 24.0 Å². The first-order valence-corrected chi connectivity index (χ1v) is 11.0. The number of amides is 1. The first-order valence-electron chi connectivity index (χ1n) is 10.6. The maximum atomic E-state index is 12.6. The minimum atomic E-state index is -1.11. The van der Waals surface area contributed by atoms with Crippen LogP contribution in [0.4, 0.5) is 5.69 Å². The number of benzene rings is 3. The first-order chi connectivity index (χ1) is 15.7.